The summed E-state index contributed by atoms with van der Waals surface area (Å²) < 4.78 is 5.49. The highest BCUT2D eigenvalue weighted by atomic mass is 16.6. The minimum atomic E-state index is -0.511. The molecule has 1 amide bonds. The maximum Gasteiger partial charge on any atom is 0.413 e. The van der Waals surface area contributed by atoms with Gasteiger partial charge in [0.1, 0.15) is 11.9 Å². The molecular formula is C21H17N3O2. The first kappa shape index (κ1) is 16.0. The van der Waals surface area contributed by atoms with Gasteiger partial charge in [0.15, 0.2) is 0 Å². The van der Waals surface area contributed by atoms with E-state index in [2.05, 4.69) is 15.5 Å². The van der Waals surface area contributed by atoms with E-state index < -0.39 is 6.09 Å². The van der Waals surface area contributed by atoms with Gasteiger partial charge in [-0.2, -0.15) is 5.10 Å². The second-order valence-electron chi connectivity index (χ2n) is 5.99. The number of hydrogen-bond donors (Lipinski definition) is 1. The lowest BCUT2D eigenvalue weighted by Crippen LogP contribution is -2.38. The highest BCUT2D eigenvalue weighted by Gasteiger charge is 2.27. The van der Waals surface area contributed by atoms with Crippen molar-refractivity contribution in [2.45, 2.75) is 12.5 Å². The zero-order valence-corrected chi connectivity index (χ0v) is 14.0. The van der Waals surface area contributed by atoms with Crippen LogP contribution in [-0.2, 0) is 4.74 Å². The van der Waals surface area contributed by atoms with Crippen molar-refractivity contribution in [2.75, 3.05) is 0 Å². The molecule has 3 aromatic carbocycles. The van der Waals surface area contributed by atoms with Crippen LogP contribution in [0.25, 0.3) is 10.8 Å². The van der Waals surface area contributed by atoms with E-state index in [0.29, 0.717) is 12.3 Å². The molecule has 0 aromatic heterocycles. The Labute approximate surface area is 151 Å². The molecule has 1 N–H and O–H groups in total. The Morgan fingerprint density at radius 3 is 2.62 bits per heavy atom. The summed E-state index contributed by atoms with van der Waals surface area (Å²) in [6, 6.07) is 23.7. The number of carbonyl (C=O) groups excluding carboxylic acids is 1. The first-order valence-electron chi connectivity index (χ1n) is 8.40. The fourth-order valence-electron chi connectivity index (χ4n) is 3.02. The predicted octanol–water partition coefficient (Wildman–Crippen LogP) is 4.44. The number of ether oxygens (including phenoxy) is 1. The standard InChI is InChI=1S/C21H17N3O2/c25-21-23-20(24-22-14-15-7-2-1-3-8-15)13-19(26-21)18-12-6-10-16-9-4-5-11-17(16)18/h1-12,14,19H,13H2,(H,23,24,25)/b22-14+. The van der Waals surface area contributed by atoms with Crippen molar-refractivity contribution in [3.63, 3.8) is 0 Å². The van der Waals surface area contributed by atoms with Crippen molar-refractivity contribution in [1.29, 1.82) is 0 Å². The number of amides is 1. The van der Waals surface area contributed by atoms with E-state index in [1.807, 2.05) is 72.8 Å². The highest BCUT2D eigenvalue weighted by molar-refractivity contribution is 5.98. The molecule has 0 aliphatic carbocycles. The van der Waals surface area contributed by atoms with E-state index in [4.69, 9.17) is 4.74 Å². The van der Waals surface area contributed by atoms with Gasteiger partial charge in [0.25, 0.3) is 0 Å². The summed E-state index contributed by atoms with van der Waals surface area (Å²) >= 11 is 0. The molecule has 4 rings (SSSR count). The molecule has 1 aliphatic rings. The number of benzene rings is 3. The molecule has 1 aliphatic heterocycles. The fraction of sp³-hybridized carbons (Fsp3) is 0.0952. The van der Waals surface area contributed by atoms with Gasteiger partial charge in [-0.25, -0.2) is 4.79 Å². The minimum absolute atomic E-state index is 0.388. The predicted molar refractivity (Wildman–Crippen MR) is 102 cm³/mol. The molecule has 0 spiro atoms. The second-order valence-corrected chi connectivity index (χ2v) is 5.99. The Morgan fingerprint density at radius 2 is 1.73 bits per heavy atom. The van der Waals surface area contributed by atoms with Crippen LogP contribution >= 0.6 is 0 Å². The molecule has 5 heteroatoms. The Kier molecular flexibility index (Phi) is 4.43. The number of carbonyl (C=O) groups is 1. The summed E-state index contributed by atoms with van der Waals surface area (Å²) in [5.74, 6) is 0.492. The van der Waals surface area contributed by atoms with Gasteiger partial charge in [-0.3, -0.25) is 5.32 Å². The first-order chi connectivity index (χ1) is 12.8. The van der Waals surface area contributed by atoms with Crippen LogP contribution in [0.15, 0.2) is 83.0 Å². The summed E-state index contributed by atoms with van der Waals surface area (Å²) in [6.45, 7) is 0. The maximum atomic E-state index is 12.0. The molecule has 1 atom stereocenters. The van der Waals surface area contributed by atoms with Crippen LogP contribution in [0.3, 0.4) is 0 Å². The largest absolute Gasteiger partial charge is 0.441 e. The molecule has 5 nitrogen and oxygen atoms in total. The molecule has 0 saturated carbocycles. The number of nitrogens with one attached hydrogen (secondary N) is 1. The van der Waals surface area contributed by atoms with Gasteiger partial charge in [0.2, 0.25) is 0 Å². The van der Waals surface area contributed by atoms with E-state index in [1.165, 1.54) is 0 Å². The Balaban J connectivity index is 1.59. The minimum Gasteiger partial charge on any atom is -0.441 e. The number of cyclic esters (lactones) is 1. The molecule has 1 unspecified atom stereocenters. The van der Waals surface area contributed by atoms with Crippen LogP contribution in [0.2, 0.25) is 0 Å². The molecule has 0 radical (unpaired) electrons. The summed E-state index contributed by atoms with van der Waals surface area (Å²) in [7, 11) is 0. The summed E-state index contributed by atoms with van der Waals surface area (Å²) in [5, 5.41) is 13.0. The normalized spacial score (nSPS) is 18.8. The Hall–Kier alpha value is -3.47. The fourth-order valence-corrected chi connectivity index (χ4v) is 3.02. The molecular weight excluding hydrogens is 326 g/mol. The molecule has 1 heterocycles. The van der Waals surface area contributed by atoms with Gasteiger partial charge in [0, 0.05) is 12.0 Å². The molecule has 128 valence electrons. The van der Waals surface area contributed by atoms with E-state index in [9.17, 15) is 4.79 Å². The number of alkyl carbamates (subject to hydrolysis) is 1. The summed E-state index contributed by atoms with van der Waals surface area (Å²) in [6.07, 6.45) is 1.20. The zero-order valence-electron chi connectivity index (χ0n) is 14.0. The summed E-state index contributed by atoms with van der Waals surface area (Å²) in [4.78, 5) is 12.0. The third kappa shape index (κ3) is 3.47. The highest BCUT2D eigenvalue weighted by Crippen LogP contribution is 2.30. The molecule has 26 heavy (non-hydrogen) atoms. The molecule has 0 bridgehead atoms. The zero-order chi connectivity index (χ0) is 17.8. The third-order valence-electron chi connectivity index (χ3n) is 4.23. The van der Waals surface area contributed by atoms with Crippen LogP contribution < -0.4 is 5.32 Å². The number of amidine groups is 1. The molecule has 3 aromatic rings. The van der Waals surface area contributed by atoms with Gasteiger partial charge in [-0.05, 0) is 16.3 Å². The van der Waals surface area contributed by atoms with Crippen molar-refractivity contribution >= 4 is 28.9 Å². The van der Waals surface area contributed by atoms with Crippen LogP contribution in [0, 0.1) is 0 Å². The summed E-state index contributed by atoms with van der Waals surface area (Å²) in [5.41, 5.74) is 1.92. The van der Waals surface area contributed by atoms with Gasteiger partial charge in [-0.1, -0.05) is 72.8 Å². The first-order valence-corrected chi connectivity index (χ1v) is 8.40. The smallest absolute Gasteiger partial charge is 0.413 e. The van der Waals surface area contributed by atoms with Crippen molar-refractivity contribution in [3.05, 3.63) is 83.9 Å². The lowest BCUT2D eigenvalue weighted by Gasteiger charge is -2.25. The van der Waals surface area contributed by atoms with Crippen molar-refractivity contribution < 1.29 is 9.53 Å². The SMILES string of the molecule is O=C1N/C(=N/N=C/c2ccccc2)CC(c2cccc3ccccc23)O1. The lowest BCUT2D eigenvalue weighted by atomic mass is 9.98. The van der Waals surface area contributed by atoms with Crippen LogP contribution in [0.5, 0.6) is 0 Å². The second kappa shape index (κ2) is 7.19. The van der Waals surface area contributed by atoms with E-state index >= 15 is 0 Å². The Bertz CT molecular complexity index is 991. The van der Waals surface area contributed by atoms with Gasteiger partial charge in [-0.15, -0.1) is 5.10 Å². The number of fused-ring (bicyclic) bond motifs is 1. The van der Waals surface area contributed by atoms with Crippen molar-refractivity contribution in [2.24, 2.45) is 10.2 Å². The lowest BCUT2D eigenvalue weighted by molar-refractivity contribution is 0.0967. The molecule has 1 fully saturated rings. The maximum absolute atomic E-state index is 12.0. The average Bonchev–Trinajstić information content (AvgIpc) is 2.68. The quantitative estimate of drug-likeness (QED) is 0.564. The van der Waals surface area contributed by atoms with Crippen LogP contribution in [0.1, 0.15) is 23.7 Å². The van der Waals surface area contributed by atoms with Gasteiger partial charge < -0.3 is 4.74 Å². The van der Waals surface area contributed by atoms with E-state index in [-0.39, 0.29) is 6.10 Å². The van der Waals surface area contributed by atoms with Crippen molar-refractivity contribution in [1.82, 2.24) is 5.32 Å². The number of hydrogen-bond acceptors (Lipinski definition) is 4. The van der Waals surface area contributed by atoms with E-state index in [0.717, 1.165) is 21.9 Å². The van der Waals surface area contributed by atoms with Crippen LogP contribution in [0.4, 0.5) is 4.79 Å². The van der Waals surface area contributed by atoms with Crippen LogP contribution in [-0.4, -0.2) is 18.1 Å². The molecule has 1 saturated heterocycles. The van der Waals surface area contributed by atoms with Crippen molar-refractivity contribution in [3.8, 4) is 0 Å². The van der Waals surface area contributed by atoms with Gasteiger partial charge in [0.05, 0.1) is 6.21 Å². The number of nitrogens with zero attached hydrogens (tertiary/aromatic N) is 2. The van der Waals surface area contributed by atoms with E-state index in [1.54, 1.807) is 6.21 Å². The topological polar surface area (TPSA) is 63.0 Å². The van der Waals surface area contributed by atoms with Gasteiger partial charge >= 0.3 is 6.09 Å². The number of rotatable bonds is 3. The monoisotopic (exact) mass is 343 g/mol. The Morgan fingerprint density at radius 1 is 0.962 bits per heavy atom. The third-order valence-corrected chi connectivity index (χ3v) is 4.23. The average molecular weight is 343 g/mol.